The van der Waals surface area contributed by atoms with E-state index >= 15 is 0 Å². The third-order valence-electron chi connectivity index (χ3n) is 4.62. The summed E-state index contributed by atoms with van der Waals surface area (Å²) in [6.45, 7) is 2.19. The number of nitrogens with one attached hydrogen (secondary N) is 1. The smallest absolute Gasteiger partial charge is 0.311 e. The standard InChI is InChI=1S/C22H21ClFN3O3/c1-14(25-12-11-15-3-5-16(23)6-4-15)21-19(13-20(28)30-2)26-27(22(21)29)18-9-7-17(24)8-10-18/h3-10,26H,11-13H2,1-2H3. The SMILES string of the molecule is COC(=O)Cc1[nH]n(-c2ccc(F)cc2)c(=O)c1C(C)=NCCc1ccc(Cl)cc1. The summed E-state index contributed by atoms with van der Waals surface area (Å²) in [5.74, 6) is -0.897. The number of aliphatic imine (C=N–C) groups is 1. The molecule has 6 nitrogen and oxygen atoms in total. The van der Waals surface area contributed by atoms with Gasteiger partial charge in [0.25, 0.3) is 5.56 Å². The number of carbonyl (C=O) groups excluding carboxylic acids is 1. The molecule has 0 saturated carbocycles. The summed E-state index contributed by atoms with van der Waals surface area (Å²) in [6, 6.07) is 13.0. The van der Waals surface area contributed by atoms with Crippen molar-refractivity contribution in [3.05, 3.63) is 86.5 Å². The highest BCUT2D eigenvalue weighted by atomic mass is 35.5. The van der Waals surface area contributed by atoms with Crippen LogP contribution in [0.3, 0.4) is 0 Å². The van der Waals surface area contributed by atoms with Gasteiger partial charge >= 0.3 is 5.97 Å². The van der Waals surface area contributed by atoms with Gasteiger partial charge < -0.3 is 4.74 Å². The van der Waals surface area contributed by atoms with Crippen molar-refractivity contribution in [2.75, 3.05) is 13.7 Å². The molecule has 156 valence electrons. The van der Waals surface area contributed by atoms with Gasteiger partial charge in [0.1, 0.15) is 5.82 Å². The second-order valence-electron chi connectivity index (χ2n) is 6.68. The molecule has 0 fully saturated rings. The maximum Gasteiger partial charge on any atom is 0.311 e. The maximum absolute atomic E-state index is 13.2. The molecule has 0 atom stereocenters. The lowest BCUT2D eigenvalue weighted by Gasteiger charge is -2.03. The Morgan fingerprint density at radius 3 is 2.47 bits per heavy atom. The molecule has 1 aromatic heterocycles. The van der Waals surface area contributed by atoms with Crippen molar-refractivity contribution in [1.82, 2.24) is 9.78 Å². The Kier molecular flexibility index (Phi) is 6.84. The minimum atomic E-state index is -0.488. The van der Waals surface area contributed by atoms with Crippen LogP contribution in [-0.4, -0.2) is 35.1 Å². The number of nitrogens with zero attached hydrogens (tertiary/aromatic N) is 2. The lowest BCUT2D eigenvalue weighted by Crippen LogP contribution is -2.20. The molecular weight excluding hydrogens is 409 g/mol. The Morgan fingerprint density at radius 1 is 1.17 bits per heavy atom. The lowest BCUT2D eigenvalue weighted by atomic mass is 10.1. The Morgan fingerprint density at radius 2 is 1.83 bits per heavy atom. The molecule has 1 N–H and O–H groups in total. The van der Waals surface area contributed by atoms with Gasteiger partial charge in [0.05, 0.1) is 30.5 Å². The second kappa shape index (κ2) is 9.54. The number of carbonyl (C=O) groups is 1. The number of hydrogen-bond acceptors (Lipinski definition) is 4. The van der Waals surface area contributed by atoms with Crippen LogP contribution in [0.25, 0.3) is 5.69 Å². The first kappa shape index (κ1) is 21.5. The minimum Gasteiger partial charge on any atom is -0.469 e. The molecule has 0 aliphatic heterocycles. The summed E-state index contributed by atoms with van der Waals surface area (Å²) in [4.78, 5) is 29.4. The summed E-state index contributed by atoms with van der Waals surface area (Å²) in [5, 5.41) is 3.60. The highest BCUT2D eigenvalue weighted by molar-refractivity contribution is 6.30. The molecule has 8 heteroatoms. The van der Waals surface area contributed by atoms with E-state index in [-0.39, 0.29) is 12.0 Å². The van der Waals surface area contributed by atoms with Gasteiger partial charge in [0, 0.05) is 17.3 Å². The predicted molar refractivity (Wildman–Crippen MR) is 114 cm³/mol. The molecule has 0 aliphatic carbocycles. The average molecular weight is 430 g/mol. The number of rotatable bonds is 7. The molecule has 0 bridgehead atoms. The number of methoxy groups -OCH3 is 1. The number of aromatic amines is 1. The summed E-state index contributed by atoms with van der Waals surface area (Å²) in [7, 11) is 1.28. The minimum absolute atomic E-state index is 0.112. The molecule has 0 unspecified atom stereocenters. The Labute approximate surface area is 178 Å². The van der Waals surface area contributed by atoms with Gasteiger partial charge in [-0.15, -0.1) is 0 Å². The molecule has 0 amide bonds. The number of hydrogen-bond donors (Lipinski definition) is 1. The lowest BCUT2D eigenvalue weighted by molar-refractivity contribution is -0.139. The average Bonchev–Trinajstić information content (AvgIpc) is 3.05. The van der Waals surface area contributed by atoms with E-state index in [0.29, 0.717) is 40.6 Å². The first-order valence-corrected chi connectivity index (χ1v) is 9.69. The molecule has 0 spiro atoms. The van der Waals surface area contributed by atoms with E-state index in [1.165, 1.54) is 36.1 Å². The van der Waals surface area contributed by atoms with Gasteiger partial charge in [-0.3, -0.25) is 19.7 Å². The summed E-state index contributed by atoms with van der Waals surface area (Å²) in [5.41, 5.74) is 2.36. The fourth-order valence-electron chi connectivity index (χ4n) is 3.05. The van der Waals surface area contributed by atoms with Crippen molar-refractivity contribution in [3.63, 3.8) is 0 Å². The first-order chi connectivity index (χ1) is 14.4. The van der Waals surface area contributed by atoms with Crippen molar-refractivity contribution < 1.29 is 13.9 Å². The Bertz CT molecular complexity index is 1120. The van der Waals surface area contributed by atoms with Crippen LogP contribution in [0, 0.1) is 5.82 Å². The van der Waals surface area contributed by atoms with E-state index < -0.39 is 11.8 Å². The highest BCUT2D eigenvalue weighted by Gasteiger charge is 2.20. The molecule has 3 aromatic rings. The molecule has 30 heavy (non-hydrogen) atoms. The van der Waals surface area contributed by atoms with Gasteiger partial charge in [-0.1, -0.05) is 23.7 Å². The van der Waals surface area contributed by atoms with E-state index in [1.807, 2.05) is 24.3 Å². The predicted octanol–water partition coefficient (Wildman–Crippen LogP) is 3.73. The van der Waals surface area contributed by atoms with Gasteiger partial charge in [0.15, 0.2) is 0 Å². The monoisotopic (exact) mass is 429 g/mol. The van der Waals surface area contributed by atoms with E-state index in [9.17, 15) is 14.0 Å². The van der Waals surface area contributed by atoms with E-state index in [0.717, 1.165) is 5.56 Å². The van der Waals surface area contributed by atoms with Crippen LogP contribution in [0.5, 0.6) is 0 Å². The van der Waals surface area contributed by atoms with Gasteiger partial charge in [-0.2, -0.15) is 0 Å². The van der Waals surface area contributed by atoms with Crippen LogP contribution in [-0.2, 0) is 22.4 Å². The zero-order chi connectivity index (χ0) is 21.7. The van der Waals surface area contributed by atoms with Crippen molar-refractivity contribution >= 4 is 23.3 Å². The number of esters is 1. The molecular formula is C22H21ClFN3O3. The molecule has 0 saturated heterocycles. The largest absolute Gasteiger partial charge is 0.469 e. The van der Waals surface area contributed by atoms with Gasteiger partial charge in [-0.05, 0) is 55.3 Å². The fraction of sp³-hybridized carbons (Fsp3) is 0.227. The van der Waals surface area contributed by atoms with Crippen LogP contribution < -0.4 is 5.56 Å². The van der Waals surface area contributed by atoms with Crippen LogP contribution in [0.2, 0.25) is 5.02 Å². The second-order valence-corrected chi connectivity index (χ2v) is 7.12. The molecule has 0 aliphatic rings. The van der Waals surface area contributed by atoms with Crippen LogP contribution in [0.4, 0.5) is 4.39 Å². The molecule has 0 radical (unpaired) electrons. The van der Waals surface area contributed by atoms with Crippen molar-refractivity contribution in [3.8, 4) is 5.69 Å². The maximum atomic E-state index is 13.2. The highest BCUT2D eigenvalue weighted by Crippen LogP contribution is 2.13. The molecule has 3 rings (SSSR count). The first-order valence-electron chi connectivity index (χ1n) is 9.31. The number of halogens is 2. The summed E-state index contributed by atoms with van der Waals surface area (Å²) < 4.78 is 19.3. The van der Waals surface area contributed by atoms with Gasteiger partial charge in [-0.25, -0.2) is 9.07 Å². The Balaban J connectivity index is 1.92. The zero-order valence-electron chi connectivity index (χ0n) is 16.6. The zero-order valence-corrected chi connectivity index (χ0v) is 17.4. The van der Waals surface area contributed by atoms with Crippen molar-refractivity contribution in [1.29, 1.82) is 0 Å². The quantitative estimate of drug-likeness (QED) is 0.459. The van der Waals surface area contributed by atoms with Crippen molar-refractivity contribution in [2.24, 2.45) is 4.99 Å². The number of ether oxygens (including phenoxy) is 1. The fourth-order valence-corrected chi connectivity index (χ4v) is 3.18. The Hall–Kier alpha value is -3.19. The van der Waals surface area contributed by atoms with Crippen molar-refractivity contribution in [2.45, 2.75) is 19.8 Å². The summed E-state index contributed by atoms with van der Waals surface area (Å²) >= 11 is 5.90. The summed E-state index contributed by atoms with van der Waals surface area (Å²) in [6.07, 6.45) is 0.566. The topological polar surface area (TPSA) is 76.5 Å². The normalized spacial score (nSPS) is 11.5. The number of H-pyrrole nitrogens is 1. The van der Waals surface area contributed by atoms with E-state index in [1.54, 1.807) is 6.92 Å². The number of benzene rings is 2. The molecule has 1 heterocycles. The van der Waals surface area contributed by atoms with Crippen LogP contribution in [0.15, 0.2) is 58.3 Å². The van der Waals surface area contributed by atoms with Crippen LogP contribution in [0.1, 0.15) is 23.7 Å². The van der Waals surface area contributed by atoms with E-state index in [2.05, 4.69) is 10.1 Å². The number of aromatic nitrogens is 2. The third kappa shape index (κ3) is 5.04. The van der Waals surface area contributed by atoms with Crippen LogP contribution >= 0.6 is 11.6 Å². The third-order valence-corrected chi connectivity index (χ3v) is 4.88. The molecule has 2 aromatic carbocycles. The van der Waals surface area contributed by atoms with Gasteiger partial charge in [0.2, 0.25) is 0 Å². The van der Waals surface area contributed by atoms with E-state index in [4.69, 9.17) is 16.3 Å².